The summed E-state index contributed by atoms with van der Waals surface area (Å²) in [5.41, 5.74) is 4.85. The maximum Gasteiger partial charge on any atom is 0.252 e. The molecule has 0 aromatic heterocycles. The minimum atomic E-state index is -0.337. The zero-order valence-electron chi connectivity index (χ0n) is 18.2. The van der Waals surface area contributed by atoms with Gasteiger partial charge in [-0.25, -0.2) is 0 Å². The van der Waals surface area contributed by atoms with Gasteiger partial charge in [-0.1, -0.05) is 84.9 Å². The quantitative estimate of drug-likeness (QED) is 0.515. The topological polar surface area (TPSA) is 52.6 Å². The van der Waals surface area contributed by atoms with Crippen molar-refractivity contribution in [3.8, 4) is 0 Å². The summed E-state index contributed by atoms with van der Waals surface area (Å²) in [5, 5.41) is 12.7. The van der Waals surface area contributed by atoms with Crippen molar-refractivity contribution in [2.45, 2.75) is 19.0 Å². The lowest BCUT2D eigenvalue weighted by Gasteiger charge is -2.17. The van der Waals surface area contributed by atoms with Gasteiger partial charge in [-0.2, -0.15) is 0 Å². The molecule has 2 N–H and O–H groups in total. The number of carbonyl (C=O) groups is 1. The van der Waals surface area contributed by atoms with Crippen molar-refractivity contribution in [2.75, 3.05) is 20.7 Å². The van der Waals surface area contributed by atoms with E-state index in [0.717, 1.165) is 23.2 Å². The highest BCUT2D eigenvalue weighted by Crippen LogP contribution is 2.15. The molecule has 0 aliphatic carbocycles. The fraction of sp³-hybridized carbons (Fsp3) is 0.222. The first kappa shape index (κ1) is 22.5. The molecule has 0 bridgehead atoms. The van der Waals surface area contributed by atoms with Gasteiger partial charge in [-0.05, 0) is 48.8 Å². The van der Waals surface area contributed by atoms with Crippen LogP contribution in [0.5, 0.6) is 0 Å². The fourth-order valence-corrected chi connectivity index (χ4v) is 3.46. The Hall–Kier alpha value is -3.21. The molecule has 0 aliphatic rings. The molecule has 0 fully saturated rings. The normalized spacial score (nSPS) is 12.3. The zero-order valence-corrected chi connectivity index (χ0v) is 18.2. The lowest BCUT2D eigenvalue weighted by molar-refractivity contribution is 0.0916. The van der Waals surface area contributed by atoms with Crippen LogP contribution < -0.4 is 5.32 Å². The average molecular weight is 415 g/mol. The van der Waals surface area contributed by atoms with Crippen LogP contribution in [0.2, 0.25) is 0 Å². The second-order valence-corrected chi connectivity index (χ2v) is 7.94. The van der Waals surface area contributed by atoms with Crippen molar-refractivity contribution in [3.63, 3.8) is 0 Å². The third kappa shape index (κ3) is 6.92. The second-order valence-electron chi connectivity index (χ2n) is 7.94. The molecule has 4 heteroatoms. The number of hydrogen-bond acceptors (Lipinski definition) is 3. The number of benzene rings is 3. The van der Waals surface area contributed by atoms with Crippen LogP contribution in [-0.4, -0.2) is 42.7 Å². The highest BCUT2D eigenvalue weighted by atomic mass is 16.3. The van der Waals surface area contributed by atoms with E-state index >= 15 is 0 Å². The van der Waals surface area contributed by atoms with E-state index in [1.165, 1.54) is 5.56 Å². The van der Waals surface area contributed by atoms with E-state index in [4.69, 9.17) is 0 Å². The van der Waals surface area contributed by atoms with Crippen molar-refractivity contribution < 1.29 is 9.90 Å². The first-order valence-electron chi connectivity index (χ1n) is 10.5. The maximum absolute atomic E-state index is 12.9. The van der Waals surface area contributed by atoms with Gasteiger partial charge in [0, 0.05) is 12.1 Å². The van der Waals surface area contributed by atoms with Gasteiger partial charge in [0.2, 0.25) is 0 Å². The molecule has 1 atom stereocenters. The van der Waals surface area contributed by atoms with Gasteiger partial charge >= 0.3 is 0 Å². The molecule has 3 aromatic rings. The van der Waals surface area contributed by atoms with Crippen LogP contribution in [0.15, 0.2) is 78.9 Å². The van der Waals surface area contributed by atoms with Crippen molar-refractivity contribution in [3.05, 3.63) is 107 Å². The van der Waals surface area contributed by atoms with Crippen LogP contribution >= 0.6 is 0 Å². The molecule has 0 radical (unpaired) electrons. The number of rotatable bonds is 9. The summed E-state index contributed by atoms with van der Waals surface area (Å²) in [7, 11) is 4.11. The summed E-state index contributed by atoms with van der Waals surface area (Å²) < 4.78 is 0. The molecule has 3 aromatic carbocycles. The van der Waals surface area contributed by atoms with Crippen molar-refractivity contribution in [1.82, 2.24) is 10.2 Å². The molecule has 3 rings (SSSR count). The number of carbonyl (C=O) groups excluding carboxylic acids is 1. The molecule has 31 heavy (non-hydrogen) atoms. The third-order valence-corrected chi connectivity index (χ3v) is 5.02. The number of aliphatic hydroxyl groups is 1. The predicted octanol–water partition coefficient (Wildman–Crippen LogP) is 4.25. The van der Waals surface area contributed by atoms with E-state index in [1.54, 1.807) is 0 Å². The SMILES string of the molecule is CN(C)Cc1ccc(C=Cc2ccccc2C(=O)N[C@H](CO)Cc2ccccc2)cc1. The van der Waals surface area contributed by atoms with Crippen LogP contribution in [0.4, 0.5) is 0 Å². The molecule has 160 valence electrons. The molecule has 1 amide bonds. The molecule has 0 aliphatic heterocycles. The van der Waals surface area contributed by atoms with E-state index < -0.39 is 0 Å². The van der Waals surface area contributed by atoms with Crippen molar-refractivity contribution in [1.29, 1.82) is 0 Å². The highest BCUT2D eigenvalue weighted by Gasteiger charge is 2.15. The first-order chi connectivity index (χ1) is 15.0. The minimum Gasteiger partial charge on any atom is -0.394 e. The molecule has 4 nitrogen and oxygen atoms in total. The molecule has 0 heterocycles. The minimum absolute atomic E-state index is 0.113. The lowest BCUT2D eigenvalue weighted by Crippen LogP contribution is -2.39. The van der Waals surface area contributed by atoms with Gasteiger partial charge in [0.1, 0.15) is 0 Å². The Morgan fingerprint density at radius 2 is 1.58 bits per heavy atom. The Labute approximate surface area is 184 Å². The van der Waals surface area contributed by atoms with Gasteiger partial charge < -0.3 is 15.3 Å². The van der Waals surface area contributed by atoms with Gasteiger partial charge in [0.05, 0.1) is 12.6 Å². The van der Waals surface area contributed by atoms with E-state index in [2.05, 4.69) is 48.6 Å². The van der Waals surface area contributed by atoms with Crippen LogP contribution in [-0.2, 0) is 13.0 Å². The van der Waals surface area contributed by atoms with Gasteiger partial charge in [-0.15, -0.1) is 0 Å². The zero-order chi connectivity index (χ0) is 22.1. The van der Waals surface area contributed by atoms with E-state index in [1.807, 2.05) is 66.7 Å². The summed E-state index contributed by atoms with van der Waals surface area (Å²) in [6.07, 6.45) is 4.56. The number of aliphatic hydroxyl groups excluding tert-OH is 1. The van der Waals surface area contributed by atoms with Gasteiger partial charge in [-0.3, -0.25) is 4.79 Å². The largest absolute Gasteiger partial charge is 0.394 e. The molecular weight excluding hydrogens is 384 g/mol. The Balaban J connectivity index is 1.70. The van der Waals surface area contributed by atoms with Crippen molar-refractivity contribution in [2.24, 2.45) is 0 Å². The average Bonchev–Trinajstić information content (AvgIpc) is 2.78. The predicted molar refractivity (Wildman–Crippen MR) is 128 cm³/mol. The Kier molecular flexibility index (Phi) is 8.16. The van der Waals surface area contributed by atoms with E-state index in [-0.39, 0.29) is 18.6 Å². The summed E-state index contributed by atoms with van der Waals surface area (Å²) in [4.78, 5) is 15.1. The summed E-state index contributed by atoms with van der Waals surface area (Å²) in [6.45, 7) is 0.792. The van der Waals surface area contributed by atoms with Crippen molar-refractivity contribution >= 4 is 18.1 Å². The van der Waals surface area contributed by atoms with Gasteiger partial charge in [0.15, 0.2) is 0 Å². The fourth-order valence-electron chi connectivity index (χ4n) is 3.46. The number of nitrogens with zero attached hydrogens (tertiary/aromatic N) is 1. The number of nitrogens with one attached hydrogen (secondary N) is 1. The standard InChI is InChI=1S/C27H30N2O2/c1-29(2)19-23-14-12-21(13-15-23)16-17-24-10-6-7-11-26(24)27(31)28-25(20-30)18-22-8-4-3-5-9-22/h3-17,25,30H,18-20H2,1-2H3,(H,28,31)/t25-/m0/s1. The summed E-state index contributed by atoms with van der Waals surface area (Å²) in [5.74, 6) is -0.184. The smallest absolute Gasteiger partial charge is 0.252 e. The molecular formula is C27H30N2O2. The van der Waals surface area contributed by atoms with Gasteiger partial charge in [0.25, 0.3) is 5.91 Å². The maximum atomic E-state index is 12.9. The summed E-state index contributed by atoms with van der Waals surface area (Å²) in [6, 6.07) is 25.4. The van der Waals surface area contributed by atoms with E-state index in [0.29, 0.717) is 12.0 Å². The first-order valence-corrected chi connectivity index (χ1v) is 10.5. The Morgan fingerprint density at radius 3 is 2.26 bits per heavy atom. The summed E-state index contributed by atoms with van der Waals surface area (Å²) >= 11 is 0. The highest BCUT2D eigenvalue weighted by molar-refractivity contribution is 5.98. The Bertz CT molecular complexity index is 995. The molecule has 0 unspecified atom stereocenters. The molecule has 0 saturated heterocycles. The van der Waals surface area contributed by atoms with Crippen LogP contribution in [0.1, 0.15) is 32.6 Å². The monoisotopic (exact) mass is 414 g/mol. The molecule has 0 saturated carbocycles. The molecule has 0 spiro atoms. The van der Waals surface area contributed by atoms with Crippen LogP contribution in [0.3, 0.4) is 0 Å². The van der Waals surface area contributed by atoms with E-state index in [9.17, 15) is 9.90 Å². The second kappa shape index (κ2) is 11.3. The Morgan fingerprint density at radius 1 is 0.903 bits per heavy atom. The lowest BCUT2D eigenvalue weighted by atomic mass is 10.0. The third-order valence-electron chi connectivity index (χ3n) is 5.02. The van der Waals surface area contributed by atoms with Crippen LogP contribution in [0.25, 0.3) is 12.2 Å². The van der Waals surface area contributed by atoms with Crippen LogP contribution in [0, 0.1) is 0 Å². The number of amides is 1. The number of hydrogen-bond donors (Lipinski definition) is 2.